The number of ether oxygens (including phenoxy) is 1. The van der Waals surface area contributed by atoms with E-state index in [1.165, 1.54) is 11.0 Å². The summed E-state index contributed by atoms with van der Waals surface area (Å²) in [6.07, 6.45) is 4.66. The number of nitrogens with one attached hydrogen (secondary N) is 4. The molecule has 2 saturated carbocycles. The van der Waals surface area contributed by atoms with E-state index in [1.54, 1.807) is 0 Å². The summed E-state index contributed by atoms with van der Waals surface area (Å²) in [6.45, 7) is 18.6. The number of amides is 7. The van der Waals surface area contributed by atoms with Gasteiger partial charge in [0.05, 0.1) is 12.1 Å². The van der Waals surface area contributed by atoms with Gasteiger partial charge in [0.25, 0.3) is 17.7 Å². The monoisotopic (exact) mass is 700 g/mol. The summed E-state index contributed by atoms with van der Waals surface area (Å²) in [5, 5.41) is 11.1. The molecule has 4 fully saturated rings. The molecule has 14 heteroatoms. The molecule has 7 amide bonds. The summed E-state index contributed by atoms with van der Waals surface area (Å²) in [5.41, 5.74) is -1.57. The second-order valence-corrected chi connectivity index (χ2v) is 17.1. The van der Waals surface area contributed by atoms with Gasteiger partial charge in [0.1, 0.15) is 25.3 Å². The maximum atomic E-state index is 14.4. The lowest BCUT2D eigenvalue weighted by Crippen LogP contribution is -2.63. The molecule has 4 rings (SSSR count). The number of likely N-dealkylation sites (tertiary alicyclic amines) is 1. The average molecular weight is 701 g/mol. The number of rotatable bonds is 13. The Hall–Kier alpha value is -3.81. The number of piperidine rings is 1. The van der Waals surface area contributed by atoms with Gasteiger partial charge in [0, 0.05) is 19.6 Å². The number of hydrogen-bond donors (Lipinski definition) is 4. The quantitative estimate of drug-likeness (QED) is 0.127. The molecular weight excluding hydrogens is 644 g/mol. The zero-order chi connectivity index (χ0) is 37.3. The van der Waals surface area contributed by atoms with E-state index < -0.39 is 76.3 Å². The van der Waals surface area contributed by atoms with Crippen LogP contribution in [0, 0.1) is 34.0 Å². The van der Waals surface area contributed by atoms with E-state index >= 15 is 0 Å². The number of imide groups is 1. The summed E-state index contributed by atoms with van der Waals surface area (Å²) in [4.78, 5) is 95.6. The standard InChI is InChI=1S/C36H56N6O8/c1-10-14-37-31(47)28(45)22(15-20-12-11-13-20)38-30(46)27-26-21(36(26,8)9)16-42(27)32(48)29(35(5,6)7)40-33(49)39-23(34(2,3)4)17-41-24(43)18-50-19-25(41)44/h10,20-23,26-27,29H,1,11-19H2,2-9H3,(H,37,47)(H,38,46)(H2,39,40,49)/t21-,22?,23?,26-,27-,29+/m0/s1. The van der Waals surface area contributed by atoms with Crippen LogP contribution in [0.25, 0.3) is 0 Å². The van der Waals surface area contributed by atoms with Gasteiger partial charge in [-0.2, -0.15) is 0 Å². The minimum atomic E-state index is -1.05. The minimum Gasteiger partial charge on any atom is -0.362 e. The number of fused-ring (bicyclic) bond motifs is 1. The van der Waals surface area contributed by atoms with Crippen LogP contribution in [0.15, 0.2) is 12.7 Å². The fraction of sp³-hybridized carbons (Fsp3) is 0.750. The van der Waals surface area contributed by atoms with E-state index in [0.29, 0.717) is 13.0 Å². The van der Waals surface area contributed by atoms with E-state index in [2.05, 4.69) is 27.8 Å². The zero-order valence-corrected chi connectivity index (χ0v) is 30.9. The van der Waals surface area contributed by atoms with Crippen molar-refractivity contribution >= 4 is 41.4 Å². The predicted molar refractivity (Wildman–Crippen MR) is 184 cm³/mol. The number of hydrogen-bond acceptors (Lipinski definition) is 8. The van der Waals surface area contributed by atoms with Crippen molar-refractivity contribution in [3.8, 4) is 0 Å². The van der Waals surface area contributed by atoms with Crippen LogP contribution in [0.4, 0.5) is 4.79 Å². The van der Waals surface area contributed by atoms with Gasteiger partial charge in [0.2, 0.25) is 17.6 Å². The molecule has 0 bridgehead atoms. The molecule has 2 saturated heterocycles. The molecule has 2 unspecified atom stereocenters. The lowest BCUT2D eigenvalue weighted by atomic mass is 9.80. The Morgan fingerprint density at radius 2 is 1.58 bits per heavy atom. The van der Waals surface area contributed by atoms with E-state index in [-0.39, 0.29) is 49.5 Å². The SMILES string of the molecule is C=CCNC(=O)C(=O)C(CC1CCC1)NC(=O)[C@@H]1[C@@H]2[C@H](CN1C(=O)[C@@H](NC(=O)NC(CN1C(=O)COCC1=O)C(C)(C)C)C(C)(C)C)C2(C)C. The van der Waals surface area contributed by atoms with Crippen molar-refractivity contribution < 1.29 is 38.3 Å². The summed E-state index contributed by atoms with van der Waals surface area (Å²) < 4.78 is 5.02. The van der Waals surface area contributed by atoms with Gasteiger partial charge in [-0.3, -0.25) is 33.7 Å². The molecule has 50 heavy (non-hydrogen) atoms. The number of carbonyl (C=O) groups excluding carboxylic acids is 7. The second kappa shape index (κ2) is 14.8. The Balaban J connectivity index is 1.53. The van der Waals surface area contributed by atoms with Gasteiger partial charge in [-0.1, -0.05) is 80.7 Å². The highest BCUT2D eigenvalue weighted by Gasteiger charge is 2.70. The third kappa shape index (κ3) is 8.55. The summed E-state index contributed by atoms with van der Waals surface area (Å²) in [6, 6.07) is -4.29. The number of ketones is 1. The fourth-order valence-corrected chi connectivity index (χ4v) is 7.36. The molecule has 6 atom stereocenters. The highest BCUT2D eigenvalue weighted by Crippen LogP contribution is 2.65. The average Bonchev–Trinajstić information content (AvgIpc) is 3.30. The Morgan fingerprint density at radius 3 is 2.10 bits per heavy atom. The summed E-state index contributed by atoms with van der Waals surface area (Å²) >= 11 is 0. The zero-order valence-electron chi connectivity index (χ0n) is 30.9. The Labute approximate surface area is 295 Å². The number of nitrogens with zero attached hydrogens (tertiary/aromatic N) is 2. The third-order valence-corrected chi connectivity index (χ3v) is 11.0. The number of urea groups is 1. The molecule has 278 valence electrons. The van der Waals surface area contributed by atoms with Crippen molar-refractivity contribution in [3.63, 3.8) is 0 Å². The summed E-state index contributed by atoms with van der Waals surface area (Å²) in [7, 11) is 0. The highest BCUT2D eigenvalue weighted by molar-refractivity contribution is 6.38. The van der Waals surface area contributed by atoms with Crippen molar-refractivity contribution in [2.24, 2.45) is 34.0 Å². The lowest BCUT2D eigenvalue weighted by Gasteiger charge is -2.39. The van der Waals surface area contributed by atoms with Crippen molar-refractivity contribution in [1.82, 2.24) is 31.1 Å². The van der Waals surface area contributed by atoms with Gasteiger partial charge in [-0.05, 0) is 40.4 Å². The van der Waals surface area contributed by atoms with Crippen LogP contribution in [-0.4, -0.2) is 108 Å². The van der Waals surface area contributed by atoms with Crippen LogP contribution in [-0.2, 0) is 33.5 Å². The van der Waals surface area contributed by atoms with Gasteiger partial charge >= 0.3 is 6.03 Å². The predicted octanol–water partition coefficient (Wildman–Crippen LogP) is 1.53. The maximum Gasteiger partial charge on any atom is 0.315 e. The van der Waals surface area contributed by atoms with Crippen LogP contribution in [0.5, 0.6) is 0 Å². The lowest BCUT2D eigenvalue weighted by molar-refractivity contribution is -0.159. The molecular formula is C36H56N6O8. The first-order valence-electron chi connectivity index (χ1n) is 17.7. The topological polar surface area (TPSA) is 183 Å². The Kier molecular flexibility index (Phi) is 11.5. The smallest absolute Gasteiger partial charge is 0.315 e. The number of Topliss-reactive ketones (excluding diaryl/α,β-unsaturated/α-hetero) is 1. The van der Waals surface area contributed by atoms with Gasteiger partial charge in [-0.25, -0.2) is 4.79 Å². The van der Waals surface area contributed by atoms with Gasteiger partial charge in [0.15, 0.2) is 0 Å². The molecule has 0 aromatic carbocycles. The van der Waals surface area contributed by atoms with E-state index in [9.17, 15) is 33.6 Å². The van der Waals surface area contributed by atoms with Crippen molar-refractivity contribution in [2.45, 2.75) is 105 Å². The van der Waals surface area contributed by atoms with Crippen LogP contribution in [0.1, 0.15) is 81.1 Å². The maximum absolute atomic E-state index is 14.4. The molecule has 4 aliphatic rings. The van der Waals surface area contributed by atoms with Crippen molar-refractivity contribution in [3.05, 3.63) is 12.7 Å². The van der Waals surface area contributed by atoms with Crippen molar-refractivity contribution in [1.29, 1.82) is 0 Å². The van der Waals surface area contributed by atoms with E-state index in [1.807, 2.05) is 55.4 Å². The largest absolute Gasteiger partial charge is 0.362 e. The number of morpholine rings is 1. The molecule has 0 spiro atoms. The number of carbonyl (C=O) groups is 7. The third-order valence-electron chi connectivity index (χ3n) is 11.0. The molecule has 2 aliphatic carbocycles. The van der Waals surface area contributed by atoms with E-state index in [4.69, 9.17) is 4.74 Å². The molecule has 0 radical (unpaired) electrons. The van der Waals surface area contributed by atoms with Crippen LogP contribution < -0.4 is 21.3 Å². The Morgan fingerprint density at radius 1 is 0.960 bits per heavy atom. The summed E-state index contributed by atoms with van der Waals surface area (Å²) in [5.74, 6) is -3.34. The molecule has 14 nitrogen and oxygen atoms in total. The van der Waals surface area contributed by atoms with E-state index in [0.717, 1.165) is 24.2 Å². The molecule has 4 N–H and O–H groups in total. The molecule has 0 aromatic heterocycles. The van der Waals surface area contributed by atoms with Crippen LogP contribution >= 0.6 is 0 Å². The van der Waals surface area contributed by atoms with Gasteiger partial charge < -0.3 is 30.9 Å². The molecule has 0 aromatic rings. The molecule has 2 aliphatic heterocycles. The highest BCUT2D eigenvalue weighted by atomic mass is 16.5. The van der Waals surface area contributed by atoms with Gasteiger partial charge in [-0.15, -0.1) is 6.58 Å². The van der Waals surface area contributed by atoms with Crippen LogP contribution in [0.2, 0.25) is 0 Å². The van der Waals surface area contributed by atoms with Crippen LogP contribution in [0.3, 0.4) is 0 Å². The first kappa shape index (κ1) is 39.0. The second-order valence-electron chi connectivity index (χ2n) is 17.1. The normalized spacial score (nSPS) is 25.0. The molecule has 2 heterocycles. The fourth-order valence-electron chi connectivity index (χ4n) is 7.36. The Bertz CT molecular complexity index is 1380. The minimum absolute atomic E-state index is 0.0437. The first-order chi connectivity index (χ1) is 23.2. The van der Waals surface area contributed by atoms with Crippen molar-refractivity contribution in [2.75, 3.05) is 32.8 Å². The first-order valence-corrected chi connectivity index (χ1v) is 17.7.